The molecule has 1 aromatic carbocycles. The van der Waals surface area contributed by atoms with Crippen LogP contribution in [0.5, 0.6) is 0 Å². The summed E-state index contributed by atoms with van der Waals surface area (Å²) in [7, 11) is -3.18. The van der Waals surface area contributed by atoms with Gasteiger partial charge in [-0.25, -0.2) is 13.1 Å². The molecule has 2 fully saturated rings. The second-order valence-corrected chi connectivity index (χ2v) is 13.2. The van der Waals surface area contributed by atoms with Crippen LogP contribution in [0.25, 0.3) is 0 Å². The SMILES string of the molecule is CC(C)CC(NC[C@H]1CC[C@H](NS(=O)(=O)C(C)C)CC1)C1(c2ccc(Cl)cc2)CCC1. The number of nitrogens with one attached hydrogen (secondary N) is 2. The van der Waals surface area contributed by atoms with Crippen molar-refractivity contribution in [2.75, 3.05) is 6.54 Å². The van der Waals surface area contributed by atoms with Crippen LogP contribution in [0.2, 0.25) is 5.02 Å². The van der Waals surface area contributed by atoms with Crippen LogP contribution in [0.4, 0.5) is 0 Å². The van der Waals surface area contributed by atoms with Crippen molar-refractivity contribution in [3.63, 3.8) is 0 Å². The van der Waals surface area contributed by atoms with Gasteiger partial charge < -0.3 is 5.32 Å². The molecule has 1 unspecified atom stereocenters. The fourth-order valence-electron chi connectivity index (χ4n) is 5.32. The normalized spacial score (nSPS) is 24.9. The molecule has 31 heavy (non-hydrogen) atoms. The molecule has 2 N–H and O–H groups in total. The van der Waals surface area contributed by atoms with Crippen LogP contribution >= 0.6 is 11.6 Å². The van der Waals surface area contributed by atoms with Crippen molar-refractivity contribution in [2.45, 2.75) is 102 Å². The molecule has 0 radical (unpaired) electrons. The van der Waals surface area contributed by atoms with E-state index in [2.05, 4.69) is 36.0 Å². The lowest BCUT2D eigenvalue weighted by atomic mass is 9.58. The van der Waals surface area contributed by atoms with E-state index in [0.29, 0.717) is 17.9 Å². The summed E-state index contributed by atoms with van der Waals surface area (Å²) in [5.74, 6) is 1.26. The lowest BCUT2D eigenvalue weighted by Crippen LogP contribution is -2.54. The van der Waals surface area contributed by atoms with Crippen molar-refractivity contribution in [3.8, 4) is 0 Å². The summed E-state index contributed by atoms with van der Waals surface area (Å²) in [5.41, 5.74) is 1.65. The summed E-state index contributed by atoms with van der Waals surface area (Å²) in [6, 6.07) is 9.08. The minimum atomic E-state index is -3.18. The van der Waals surface area contributed by atoms with Crippen LogP contribution in [0, 0.1) is 11.8 Å². The van der Waals surface area contributed by atoms with Gasteiger partial charge >= 0.3 is 0 Å². The maximum absolute atomic E-state index is 12.2. The highest BCUT2D eigenvalue weighted by molar-refractivity contribution is 7.90. The molecule has 1 atom stereocenters. The van der Waals surface area contributed by atoms with Gasteiger partial charge in [0.15, 0.2) is 0 Å². The van der Waals surface area contributed by atoms with E-state index in [4.69, 9.17) is 11.6 Å². The Labute approximate surface area is 195 Å². The maximum atomic E-state index is 12.2. The molecule has 4 nitrogen and oxygen atoms in total. The first kappa shape index (κ1) is 25.0. The van der Waals surface area contributed by atoms with E-state index in [9.17, 15) is 8.42 Å². The van der Waals surface area contributed by atoms with Crippen LogP contribution in [0.15, 0.2) is 24.3 Å². The van der Waals surface area contributed by atoms with E-state index >= 15 is 0 Å². The number of benzene rings is 1. The number of halogens is 1. The van der Waals surface area contributed by atoms with Crippen LogP contribution < -0.4 is 10.0 Å². The van der Waals surface area contributed by atoms with Gasteiger partial charge in [-0.15, -0.1) is 0 Å². The molecule has 0 aromatic heterocycles. The zero-order valence-corrected chi connectivity index (χ0v) is 21.2. The maximum Gasteiger partial charge on any atom is 0.214 e. The Kier molecular flexibility index (Phi) is 8.50. The van der Waals surface area contributed by atoms with Crippen molar-refractivity contribution < 1.29 is 8.42 Å². The highest BCUT2D eigenvalue weighted by Crippen LogP contribution is 2.48. The third kappa shape index (κ3) is 6.25. The molecular formula is C25H41ClN2O2S. The molecule has 2 aliphatic carbocycles. The minimum absolute atomic E-state index is 0.0992. The van der Waals surface area contributed by atoms with Gasteiger partial charge in [0.25, 0.3) is 0 Å². The third-order valence-corrected chi connectivity index (χ3v) is 9.65. The van der Waals surface area contributed by atoms with Crippen molar-refractivity contribution in [3.05, 3.63) is 34.9 Å². The molecule has 0 bridgehead atoms. The van der Waals surface area contributed by atoms with Crippen LogP contribution in [-0.2, 0) is 15.4 Å². The molecule has 0 spiro atoms. The predicted octanol–water partition coefficient (Wildman–Crippen LogP) is 5.65. The summed E-state index contributed by atoms with van der Waals surface area (Å²) < 4.78 is 27.3. The Morgan fingerprint density at radius 3 is 2.13 bits per heavy atom. The standard InChI is InChI=1S/C25H41ClN2O2S/c1-18(2)16-24(25(14-5-15-25)21-8-10-22(26)11-9-21)27-17-20-6-12-23(13-7-20)28-31(29,30)19(3)4/h8-11,18-20,23-24,27-28H,5-7,12-17H2,1-4H3/t20-,23-,24?. The number of rotatable bonds is 10. The van der Waals surface area contributed by atoms with Gasteiger partial charge in [-0.05, 0) is 94.9 Å². The fourth-order valence-corrected chi connectivity index (χ4v) is 6.41. The minimum Gasteiger partial charge on any atom is -0.313 e. The molecule has 2 saturated carbocycles. The molecular weight excluding hydrogens is 428 g/mol. The quantitative estimate of drug-likeness (QED) is 0.466. The molecule has 0 heterocycles. The fraction of sp³-hybridized carbons (Fsp3) is 0.760. The average Bonchev–Trinajstić information content (AvgIpc) is 2.67. The van der Waals surface area contributed by atoms with E-state index in [0.717, 1.165) is 37.3 Å². The van der Waals surface area contributed by atoms with Crippen LogP contribution in [0.3, 0.4) is 0 Å². The lowest BCUT2D eigenvalue weighted by molar-refractivity contribution is 0.143. The van der Waals surface area contributed by atoms with Crippen molar-refractivity contribution in [1.29, 1.82) is 0 Å². The predicted molar refractivity (Wildman–Crippen MR) is 131 cm³/mol. The van der Waals surface area contributed by atoms with Gasteiger partial charge in [0.1, 0.15) is 0 Å². The second kappa shape index (κ2) is 10.5. The molecule has 1 aromatic rings. The Balaban J connectivity index is 1.59. The number of hydrogen-bond donors (Lipinski definition) is 2. The molecule has 2 aliphatic rings. The first-order valence-electron chi connectivity index (χ1n) is 12.1. The molecule has 3 rings (SSSR count). The van der Waals surface area contributed by atoms with E-state index < -0.39 is 10.0 Å². The van der Waals surface area contributed by atoms with E-state index in [-0.39, 0.29) is 16.7 Å². The Morgan fingerprint density at radius 1 is 1.03 bits per heavy atom. The van der Waals surface area contributed by atoms with Gasteiger partial charge in [-0.3, -0.25) is 0 Å². The van der Waals surface area contributed by atoms with E-state index in [1.165, 1.54) is 31.2 Å². The van der Waals surface area contributed by atoms with Gasteiger partial charge in [-0.1, -0.05) is 44.0 Å². The summed E-state index contributed by atoms with van der Waals surface area (Å²) in [6.07, 6.45) is 8.99. The van der Waals surface area contributed by atoms with Gasteiger partial charge in [0.05, 0.1) is 5.25 Å². The average molecular weight is 469 g/mol. The first-order valence-corrected chi connectivity index (χ1v) is 14.1. The molecule has 6 heteroatoms. The number of sulfonamides is 1. The zero-order valence-electron chi connectivity index (χ0n) is 19.7. The van der Waals surface area contributed by atoms with Gasteiger partial charge in [0, 0.05) is 22.5 Å². The lowest BCUT2D eigenvalue weighted by Gasteiger charge is -2.50. The highest BCUT2D eigenvalue weighted by Gasteiger charge is 2.45. The van der Waals surface area contributed by atoms with Crippen molar-refractivity contribution in [1.82, 2.24) is 10.0 Å². The summed E-state index contributed by atoms with van der Waals surface area (Å²) in [6.45, 7) is 9.13. The topological polar surface area (TPSA) is 58.2 Å². The summed E-state index contributed by atoms with van der Waals surface area (Å²) in [5, 5.41) is 4.42. The zero-order chi connectivity index (χ0) is 22.6. The van der Waals surface area contributed by atoms with Gasteiger partial charge in [0.2, 0.25) is 10.0 Å². The first-order chi connectivity index (χ1) is 14.6. The molecule has 176 valence electrons. The summed E-state index contributed by atoms with van der Waals surface area (Å²) >= 11 is 6.16. The monoisotopic (exact) mass is 468 g/mol. The van der Waals surface area contributed by atoms with Crippen molar-refractivity contribution >= 4 is 21.6 Å². The van der Waals surface area contributed by atoms with Crippen LogP contribution in [-0.4, -0.2) is 32.3 Å². The molecule has 0 amide bonds. The molecule has 0 saturated heterocycles. The Morgan fingerprint density at radius 2 is 1.65 bits per heavy atom. The highest BCUT2D eigenvalue weighted by atomic mass is 35.5. The van der Waals surface area contributed by atoms with Crippen LogP contribution in [0.1, 0.15) is 84.6 Å². The van der Waals surface area contributed by atoms with E-state index in [1.54, 1.807) is 13.8 Å². The third-order valence-electron chi connectivity index (χ3n) is 7.49. The largest absolute Gasteiger partial charge is 0.313 e. The van der Waals surface area contributed by atoms with E-state index in [1.807, 2.05) is 12.1 Å². The number of hydrogen-bond acceptors (Lipinski definition) is 3. The Bertz CT molecular complexity index is 795. The second-order valence-electron chi connectivity index (χ2n) is 10.5. The Hall–Kier alpha value is -0.620. The molecule has 0 aliphatic heterocycles. The summed E-state index contributed by atoms with van der Waals surface area (Å²) in [4.78, 5) is 0. The van der Waals surface area contributed by atoms with Gasteiger partial charge in [-0.2, -0.15) is 0 Å². The van der Waals surface area contributed by atoms with Crippen molar-refractivity contribution in [2.24, 2.45) is 11.8 Å². The smallest absolute Gasteiger partial charge is 0.214 e.